The lowest BCUT2D eigenvalue weighted by molar-refractivity contribution is -0.120. The van der Waals surface area contributed by atoms with E-state index in [0.717, 1.165) is 11.5 Å². The fraction of sp³-hybridized carbons (Fsp3) is 0.250. The Hall–Kier alpha value is -1.79. The molecule has 2 N–H and O–H groups in total. The van der Waals surface area contributed by atoms with E-state index in [1.165, 1.54) is 4.88 Å². The van der Waals surface area contributed by atoms with Crippen LogP contribution < -0.4 is 10.6 Å². The van der Waals surface area contributed by atoms with E-state index in [9.17, 15) is 9.59 Å². The monoisotopic (exact) mass is 334 g/mol. The van der Waals surface area contributed by atoms with Crippen LogP contribution in [0.5, 0.6) is 0 Å². The highest BCUT2D eigenvalue weighted by Gasteiger charge is 2.06. The fourth-order valence-corrected chi connectivity index (χ4v) is 3.44. The molecule has 0 radical (unpaired) electrons. The lowest BCUT2D eigenvalue weighted by Gasteiger charge is -2.06. The molecule has 22 heavy (non-hydrogen) atoms. The number of hydrogen-bond acceptors (Lipinski definition) is 4. The van der Waals surface area contributed by atoms with Crippen LogP contribution in [0.4, 0.5) is 0 Å². The number of rotatable bonds is 8. The van der Waals surface area contributed by atoms with Gasteiger partial charge in [-0.15, -0.1) is 11.3 Å². The van der Waals surface area contributed by atoms with Gasteiger partial charge in [0, 0.05) is 28.5 Å². The number of nitrogens with one attached hydrogen (secondary N) is 2. The highest BCUT2D eigenvalue weighted by atomic mass is 32.2. The molecule has 1 heterocycles. The number of thioether (sulfide) groups is 1. The molecule has 0 aliphatic heterocycles. The van der Waals surface area contributed by atoms with Gasteiger partial charge >= 0.3 is 0 Å². The summed E-state index contributed by atoms with van der Waals surface area (Å²) < 4.78 is 0. The Morgan fingerprint density at radius 1 is 1.05 bits per heavy atom. The predicted octanol–water partition coefficient (Wildman–Crippen LogP) is 2.53. The molecular weight excluding hydrogens is 316 g/mol. The summed E-state index contributed by atoms with van der Waals surface area (Å²) in [5, 5.41) is 7.47. The first-order valence-electron chi connectivity index (χ1n) is 6.96. The summed E-state index contributed by atoms with van der Waals surface area (Å²) in [7, 11) is 0. The minimum Gasteiger partial charge on any atom is -0.354 e. The minimum atomic E-state index is -0.233. The topological polar surface area (TPSA) is 58.2 Å². The molecule has 0 fully saturated rings. The third-order valence-electron chi connectivity index (χ3n) is 2.84. The molecule has 1 aromatic carbocycles. The molecule has 0 saturated carbocycles. The lowest BCUT2D eigenvalue weighted by Crippen LogP contribution is -2.37. The van der Waals surface area contributed by atoms with E-state index in [4.69, 9.17) is 0 Å². The van der Waals surface area contributed by atoms with E-state index in [-0.39, 0.29) is 18.4 Å². The van der Waals surface area contributed by atoms with Crippen LogP contribution in [0.2, 0.25) is 0 Å². The van der Waals surface area contributed by atoms with Gasteiger partial charge in [0.25, 0.3) is 5.91 Å². The molecule has 2 rings (SSSR count). The molecule has 0 aliphatic carbocycles. The van der Waals surface area contributed by atoms with E-state index >= 15 is 0 Å². The van der Waals surface area contributed by atoms with E-state index in [1.807, 2.05) is 12.1 Å². The summed E-state index contributed by atoms with van der Waals surface area (Å²) in [5.74, 6) is 1.43. The van der Waals surface area contributed by atoms with Crippen molar-refractivity contribution < 1.29 is 9.59 Å². The number of hydrogen-bond donors (Lipinski definition) is 2. The molecule has 0 unspecified atom stereocenters. The van der Waals surface area contributed by atoms with Crippen LogP contribution in [-0.2, 0) is 10.5 Å². The summed E-state index contributed by atoms with van der Waals surface area (Å²) in [6, 6.07) is 13.0. The fourth-order valence-electron chi connectivity index (χ4n) is 1.74. The molecule has 2 amide bonds. The predicted molar refractivity (Wildman–Crippen MR) is 92.3 cm³/mol. The van der Waals surface area contributed by atoms with Gasteiger partial charge in [0.1, 0.15) is 0 Å². The first-order valence-corrected chi connectivity index (χ1v) is 8.99. The molecule has 0 atom stereocenters. The number of thiophene rings is 1. The standard InChI is InChI=1S/C16H18N2O2S2/c19-15(11-18-16(20)13-5-2-1-3-6-13)17-8-10-21-12-14-7-4-9-22-14/h1-7,9H,8,10-12H2,(H,17,19)(H,18,20). The summed E-state index contributed by atoms with van der Waals surface area (Å²) in [4.78, 5) is 24.7. The van der Waals surface area contributed by atoms with Crippen molar-refractivity contribution in [1.29, 1.82) is 0 Å². The highest BCUT2D eigenvalue weighted by Crippen LogP contribution is 2.16. The molecule has 0 saturated heterocycles. The lowest BCUT2D eigenvalue weighted by atomic mass is 10.2. The number of amides is 2. The van der Waals surface area contributed by atoms with Crippen molar-refractivity contribution in [3.63, 3.8) is 0 Å². The Morgan fingerprint density at radius 3 is 2.59 bits per heavy atom. The molecule has 116 valence electrons. The van der Waals surface area contributed by atoms with Gasteiger partial charge in [0.2, 0.25) is 5.91 Å². The van der Waals surface area contributed by atoms with E-state index < -0.39 is 0 Å². The normalized spacial score (nSPS) is 10.2. The van der Waals surface area contributed by atoms with Crippen molar-refractivity contribution >= 4 is 34.9 Å². The van der Waals surface area contributed by atoms with Crippen molar-refractivity contribution in [3.8, 4) is 0 Å². The van der Waals surface area contributed by atoms with Crippen LogP contribution >= 0.6 is 23.1 Å². The van der Waals surface area contributed by atoms with Crippen molar-refractivity contribution in [2.24, 2.45) is 0 Å². The van der Waals surface area contributed by atoms with Gasteiger partial charge in [-0.25, -0.2) is 0 Å². The Balaban J connectivity index is 1.55. The van der Waals surface area contributed by atoms with Gasteiger partial charge in [-0.1, -0.05) is 24.3 Å². The van der Waals surface area contributed by atoms with Gasteiger partial charge in [-0.05, 0) is 23.6 Å². The van der Waals surface area contributed by atoms with Crippen LogP contribution in [0.15, 0.2) is 47.8 Å². The smallest absolute Gasteiger partial charge is 0.251 e. The van der Waals surface area contributed by atoms with E-state index in [2.05, 4.69) is 22.1 Å². The number of carbonyl (C=O) groups is 2. The Morgan fingerprint density at radius 2 is 1.86 bits per heavy atom. The van der Waals surface area contributed by atoms with Crippen molar-refractivity contribution in [3.05, 3.63) is 58.3 Å². The average Bonchev–Trinajstić information content (AvgIpc) is 3.06. The number of benzene rings is 1. The maximum atomic E-state index is 11.8. The van der Waals surface area contributed by atoms with Gasteiger partial charge < -0.3 is 10.6 Å². The molecule has 6 heteroatoms. The van der Waals surface area contributed by atoms with Crippen molar-refractivity contribution in [2.75, 3.05) is 18.8 Å². The SMILES string of the molecule is O=C(CNC(=O)c1ccccc1)NCCSCc1cccs1. The summed E-state index contributed by atoms with van der Waals surface area (Å²) in [5.41, 5.74) is 0.557. The van der Waals surface area contributed by atoms with E-state index in [1.54, 1.807) is 47.4 Å². The second-order valence-electron chi connectivity index (χ2n) is 4.53. The second-order valence-corrected chi connectivity index (χ2v) is 6.67. The van der Waals surface area contributed by atoms with Crippen molar-refractivity contribution in [1.82, 2.24) is 10.6 Å². The summed E-state index contributed by atoms with van der Waals surface area (Å²) in [6.07, 6.45) is 0. The van der Waals surface area contributed by atoms with Crippen molar-refractivity contribution in [2.45, 2.75) is 5.75 Å². The molecule has 4 nitrogen and oxygen atoms in total. The minimum absolute atomic E-state index is 0.00329. The Bertz CT molecular complexity index is 585. The van der Waals surface area contributed by atoms with Crippen LogP contribution in [0.1, 0.15) is 15.2 Å². The zero-order valence-corrected chi connectivity index (χ0v) is 13.7. The first kappa shape index (κ1) is 16.6. The molecule has 2 aromatic rings. The molecular formula is C16H18N2O2S2. The maximum Gasteiger partial charge on any atom is 0.251 e. The highest BCUT2D eigenvalue weighted by molar-refractivity contribution is 7.98. The summed E-state index contributed by atoms with van der Waals surface area (Å²) in [6.45, 7) is 0.611. The third-order valence-corrected chi connectivity index (χ3v) is 4.91. The quantitative estimate of drug-likeness (QED) is 0.729. The first-order chi connectivity index (χ1) is 10.8. The van der Waals surface area contributed by atoms with Gasteiger partial charge in [0.15, 0.2) is 0 Å². The van der Waals surface area contributed by atoms with Crippen LogP contribution in [0.3, 0.4) is 0 Å². The molecule has 1 aromatic heterocycles. The maximum absolute atomic E-state index is 11.8. The van der Waals surface area contributed by atoms with Gasteiger partial charge in [-0.2, -0.15) is 11.8 Å². The van der Waals surface area contributed by atoms with Crippen LogP contribution in [0.25, 0.3) is 0 Å². The average molecular weight is 334 g/mol. The van der Waals surface area contributed by atoms with Gasteiger partial charge in [0.05, 0.1) is 6.54 Å². The third kappa shape index (κ3) is 5.91. The largest absolute Gasteiger partial charge is 0.354 e. The van der Waals surface area contributed by atoms with Crippen LogP contribution in [-0.4, -0.2) is 30.7 Å². The zero-order valence-electron chi connectivity index (χ0n) is 12.1. The molecule has 0 aliphatic rings. The molecule has 0 bridgehead atoms. The molecule has 0 spiro atoms. The zero-order chi connectivity index (χ0) is 15.6. The second kappa shape index (κ2) is 9.27. The van der Waals surface area contributed by atoms with Gasteiger partial charge in [-0.3, -0.25) is 9.59 Å². The number of carbonyl (C=O) groups excluding carboxylic acids is 2. The summed E-state index contributed by atoms with van der Waals surface area (Å²) >= 11 is 3.52. The van der Waals surface area contributed by atoms with E-state index in [0.29, 0.717) is 12.1 Å². The van der Waals surface area contributed by atoms with Crippen LogP contribution in [0, 0.1) is 0 Å². The Labute approximate surface area is 138 Å². The Kier molecular flexibility index (Phi) is 6.99.